The van der Waals surface area contributed by atoms with Crippen LogP contribution in [0.4, 0.5) is 0 Å². The highest BCUT2D eigenvalue weighted by Crippen LogP contribution is 2.33. The molecule has 2 rings (SSSR count). The Bertz CT molecular complexity index is 497. The molecule has 1 aromatic carbocycles. The van der Waals surface area contributed by atoms with Crippen molar-refractivity contribution in [3.63, 3.8) is 0 Å². The molecule has 0 unspecified atom stereocenters. The van der Waals surface area contributed by atoms with E-state index >= 15 is 0 Å². The zero-order valence-corrected chi connectivity index (χ0v) is 10.6. The average Bonchev–Trinajstić information content (AvgIpc) is 2.43. The monoisotopic (exact) mass is 219 g/mol. The molecule has 0 radical (unpaired) electrons. The Morgan fingerprint density at radius 3 is 2.60 bits per heavy atom. The summed E-state index contributed by atoms with van der Waals surface area (Å²) in [6, 6.07) is 4.56. The second-order valence-electron chi connectivity index (χ2n) is 4.14. The Labute approximate surface area is 95.1 Å². The van der Waals surface area contributed by atoms with Crippen molar-refractivity contribution in [2.45, 2.75) is 27.3 Å². The van der Waals surface area contributed by atoms with Gasteiger partial charge in [-0.15, -0.1) is 11.3 Å². The summed E-state index contributed by atoms with van der Waals surface area (Å²) in [4.78, 5) is 1.46. The van der Waals surface area contributed by atoms with Crippen LogP contribution in [-0.2, 0) is 6.54 Å². The first kappa shape index (κ1) is 10.7. The van der Waals surface area contributed by atoms with Gasteiger partial charge in [-0.05, 0) is 56.0 Å². The molecule has 0 saturated heterocycles. The molecule has 0 aliphatic heterocycles. The van der Waals surface area contributed by atoms with E-state index in [1.54, 1.807) is 0 Å². The second kappa shape index (κ2) is 3.95. The van der Waals surface area contributed by atoms with Gasteiger partial charge in [0.05, 0.1) is 0 Å². The van der Waals surface area contributed by atoms with Gasteiger partial charge in [-0.25, -0.2) is 0 Å². The van der Waals surface area contributed by atoms with Gasteiger partial charge in [0.25, 0.3) is 0 Å². The van der Waals surface area contributed by atoms with Crippen molar-refractivity contribution < 1.29 is 0 Å². The molecule has 1 heterocycles. The topological polar surface area (TPSA) is 12.0 Å². The lowest BCUT2D eigenvalue weighted by molar-refractivity contribution is 0.827. The Hall–Kier alpha value is -0.860. The van der Waals surface area contributed by atoms with E-state index in [2.05, 4.69) is 38.2 Å². The molecule has 0 spiro atoms. The van der Waals surface area contributed by atoms with E-state index in [1.807, 2.05) is 18.4 Å². The summed E-state index contributed by atoms with van der Waals surface area (Å²) in [7, 11) is 2.00. The van der Waals surface area contributed by atoms with Crippen LogP contribution in [0.25, 0.3) is 10.1 Å². The van der Waals surface area contributed by atoms with Crippen LogP contribution in [0.2, 0.25) is 0 Å². The van der Waals surface area contributed by atoms with Crippen molar-refractivity contribution in [2.24, 2.45) is 0 Å². The zero-order valence-electron chi connectivity index (χ0n) is 9.77. The Morgan fingerprint density at radius 2 is 1.93 bits per heavy atom. The van der Waals surface area contributed by atoms with Crippen LogP contribution in [0.15, 0.2) is 12.1 Å². The normalized spacial score (nSPS) is 11.2. The highest BCUT2D eigenvalue weighted by atomic mass is 32.1. The minimum atomic E-state index is 0.976. The van der Waals surface area contributed by atoms with Gasteiger partial charge in [-0.2, -0.15) is 0 Å². The summed E-state index contributed by atoms with van der Waals surface area (Å²) >= 11 is 1.91. The van der Waals surface area contributed by atoms with Gasteiger partial charge < -0.3 is 5.32 Å². The smallest absolute Gasteiger partial charge is 0.0354 e. The van der Waals surface area contributed by atoms with Crippen molar-refractivity contribution in [1.82, 2.24) is 5.32 Å². The number of aryl methyl sites for hydroxylation is 3. The summed E-state index contributed by atoms with van der Waals surface area (Å²) in [6.45, 7) is 7.58. The number of benzene rings is 1. The molecule has 0 aliphatic carbocycles. The van der Waals surface area contributed by atoms with Crippen molar-refractivity contribution >= 4 is 21.4 Å². The molecule has 1 N–H and O–H groups in total. The van der Waals surface area contributed by atoms with E-state index < -0.39 is 0 Å². The molecule has 0 fully saturated rings. The summed E-state index contributed by atoms with van der Waals surface area (Å²) in [5, 5.41) is 4.68. The number of fused-ring (bicyclic) bond motifs is 1. The molecule has 15 heavy (non-hydrogen) atoms. The van der Waals surface area contributed by atoms with Crippen LogP contribution >= 0.6 is 11.3 Å². The van der Waals surface area contributed by atoms with E-state index in [0.717, 1.165) is 6.54 Å². The van der Waals surface area contributed by atoms with Crippen molar-refractivity contribution in [2.75, 3.05) is 7.05 Å². The van der Waals surface area contributed by atoms with Crippen LogP contribution in [0.3, 0.4) is 0 Å². The maximum Gasteiger partial charge on any atom is 0.0354 e. The molecule has 0 saturated carbocycles. The highest BCUT2D eigenvalue weighted by molar-refractivity contribution is 7.19. The second-order valence-corrected chi connectivity index (χ2v) is 5.27. The number of nitrogens with one attached hydrogen (secondary N) is 1. The van der Waals surface area contributed by atoms with Crippen LogP contribution in [0.5, 0.6) is 0 Å². The minimum absolute atomic E-state index is 0.976. The first-order chi connectivity index (χ1) is 7.13. The fourth-order valence-corrected chi connectivity index (χ4v) is 3.57. The van der Waals surface area contributed by atoms with E-state index in [4.69, 9.17) is 0 Å². The number of hydrogen-bond acceptors (Lipinski definition) is 2. The number of thiophene rings is 1. The lowest BCUT2D eigenvalue weighted by Gasteiger charge is -2.01. The predicted octanol–water partition coefficient (Wildman–Crippen LogP) is 3.55. The Kier molecular flexibility index (Phi) is 2.81. The summed E-state index contributed by atoms with van der Waals surface area (Å²) in [5.41, 5.74) is 4.21. The van der Waals surface area contributed by atoms with Crippen molar-refractivity contribution in [1.29, 1.82) is 0 Å². The molecule has 80 valence electrons. The number of hydrogen-bond donors (Lipinski definition) is 1. The summed E-state index contributed by atoms with van der Waals surface area (Å²) in [6.07, 6.45) is 0. The molecule has 0 atom stereocenters. The molecule has 1 nitrogen and oxygen atoms in total. The SMILES string of the molecule is CNCc1sc2cc(C)cc(C)c2c1C. The third kappa shape index (κ3) is 1.80. The van der Waals surface area contributed by atoms with Crippen LogP contribution < -0.4 is 5.32 Å². The average molecular weight is 219 g/mol. The third-order valence-electron chi connectivity index (χ3n) is 2.81. The van der Waals surface area contributed by atoms with Gasteiger partial charge in [0, 0.05) is 16.1 Å². The quantitative estimate of drug-likeness (QED) is 0.814. The van der Waals surface area contributed by atoms with Gasteiger partial charge in [-0.1, -0.05) is 6.07 Å². The highest BCUT2D eigenvalue weighted by Gasteiger charge is 2.09. The van der Waals surface area contributed by atoms with Gasteiger partial charge in [-0.3, -0.25) is 0 Å². The van der Waals surface area contributed by atoms with Gasteiger partial charge in [0.1, 0.15) is 0 Å². The maximum atomic E-state index is 3.23. The first-order valence-electron chi connectivity index (χ1n) is 5.27. The van der Waals surface area contributed by atoms with E-state index in [-0.39, 0.29) is 0 Å². The first-order valence-corrected chi connectivity index (χ1v) is 6.09. The number of rotatable bonds is 2. The van der Waals surface area contributed by atoms with E-state index in [0.29, 0.717) is 0 Å². The molecule has 0 aliphatic rings. The molecular weight excluding hydrogens is 202 g/mol. The van der Waals surface area contributed by atoms with Crippen LogP contribution in [0.1, 0.15) is 21.6 Å². The molecular formula is C13H17NS. The maximum absolute atomic E-state index is 3.23. The standard InChI is InChI=1S/C13H17NS/c1-8-5-9(2)13-10(3)12(7-14-4)15-11(13)6-8/h5-6,14H,7H2,1-4H3. The van der Waals surface area contributed by atoms with E-state index in [9.17, 15) is 0 Å². The lowest BCUT2D eigenvalue weighted by atomic mass is 10.0. The summed E-state index contributed by atoms with van der Waals surface area (Å²) in [5.74, 6) is 0. The van der Waals surface area contributed by atoms with Crippen LogP contribution in [0, 0.1) is 20.8 Å². The Balaban J connectivity index is 2.70. The van der Waals surface area contributed by atoms with Crippen molar-refractivity contribution in [3.05, 3.63) is 33.7 Å². The molecule has 1 aromatic heterocycles. The van der Waals surface area contributed by atoms with E-state index in [1.165, 1.54) is 31.7 Å². The molecule has 0 bridgehead atoms. The largest absolute Gasteiger partial charge is 0.315 e. The van der Waals surface area contributed by atoms with Gasteiger partial charge >= 0.3 is 0 Å². The van der Waals surface area contributed by atoms with Gasteiger partial charge in [0.2, 0.25) is 0 Å². The molecule has 0 amide bonds. The summed E-state index contributed by atoms with van der Waals surface area (Å²) < 4.78 is 1.43. The zero-order chi connectivity index (χ0) is 11.0. The third-order valence-corrected chi connectivity index (χ3v) is 4.05. The van der Waals surface area contributed by atoms with Crippen LogP contribution in [-0.4, -0.2) is 7.05 Å². The Morgan fingerprint density at radius 1 is 1.20 bits per heavy atom. The predicted molar refractivity (Wildman–Crippen MR) is 68.8 cm³/mol. The fourth-order valence-electron chi connectivity index (χ4n) is 2.17. The molecule has 2 aromatic rings. The molecule has 2 heteroatoms. The van der Waals surface area contributed by atoms with Crippen molar-refractivity contribution in [3.8, 4) is 0 Å². The van der Waals surface area contributed by atoms with Gasteiger partial charge in [0.15, 0.2) is 0 Å². The fraction of sp³-hybridized carbons (Fsp3) is 0.385. The lowest BCUT2D eigenvalue weighted by Crippen LogP contribution is -2.04. The minimum Gasteiger partial charge on any atom is -0.315 e.